The van der Waals surface area contributed by atoms with E-state index in [1.807, 2.05) is 31.2 Å². The largest absolute Gasteiger partial charge is 0.496 e. The number of carbonyl (C=O) groups is 2. The highest BCUT2D eigenvalue weighted by Crippen LogP contribution is 2.21. The van der Waals surface area contributed by atoms with Crippen LogP contribution in [0.4, 0.5) is 0 Å². The van der Waals surface area contributed by atoms with Crippen molar-refractivity contribution in [1.82, 2.24) is 4.90 Å². The summed E-state index contributed by atoms with van der Waals surface area (Å²) in [6.07, 6.45) is 0.807. The number of hydrogen-bond acceptors (Lipinski definition) is 4. The van der Waals surface area contributed by atoms with Gasteiger partial charge in [-0.3, -0.25) is 4.79 Å². The molecular weight excluding hydrogens is 318 g/mol. The lowest BCUT2D eigenvalue weighted by Gasteiger charge is -2.24. The van der Waals surface area contributed by atoms with Crippen LogP contribution in [0.2, 0.25) is 0 Å². The number of methoxy groups -OCH3 is 2. The molecule has 5 nitrogen and oxygen atoms in total. The smallest absolute Gasteiger partial charge is 0.338 e. The van der Waals surface area contributed by atoms with E-state index in [0.717, 1.165) is 17.7 Å². The van der Waals surface area contributed by atoms with Crippen molar-refractivity contribution in [2.75, 3.05) is 20.8 Å². The Hall–Kier alpha value is -2.82. The number of nitrogens with zero attached hydrogens (tertiary/aromatic N) is 1. The number of amides is 1. The molecule has 25 heavy (non-hydrogen) atoms. The summed E-state index contributed by atoms with van der Waals surface area (Å²) in [5.74, 6) is 0.0177. The minimum Gasteiger partial charge on any atom is -0.496 e. The Morgan fingerprint density at radius 2 is 1.60 bits per heavy atom. The van der Waals surface area contributed by atoms with Gasteiger partial charge in [-0.05, 0) is 24.6 Å². The molecule has 1 amide bonds. The van der Waals surface area contributed by atoms with E-state index in [-0.39, 0.29) is 11.5 Å². The van der Waals surface area contributed by atoms with Crippen LogP contribution in [-0.4, -0.2) is 37.5 Å². The number of esters is 1. The molecule has 0 N–H and O–H groups in total. The summed E-state index contributed by atoms with van der Waals surface area (Å²) in [5, 5.41) is 0. The van der Waals surface area contributed by atoms with E-state index in [1.54, 1.807) is 36.3 Å². The van der Waals surface area contributed by atoms with Crippen LogP contribution >= 0.6 is 0 Å². The average molecular weight is 341 g/mol. The Bertz CT molecular complexity index is 742. The lowest BCUT2D eigenvalue weighted by molar-refractivity contribution is 0.0589. The van der Waals surface area contributed by atoms with Gasteiger partial charge in [0.25, 0.3) is 5.91 Å². The zero-order valence-corrected chi connectivity index (χ0v) is 14.8. The fraction of sp³-hybridized carbons (Fsp3) is 0.300. The van der Waals surface area contributed by atoms with Gasteiger partial charge in [-0.25, -0.2) is 4.79 Å². The zero-order chi connectivity index (χ0) is 18.2. The van der Waals surface area contributed by atoms with Crippen LogP contribution in [0.25, 0.3) is 0 Å². The molecule has 2 rings (SSSR count). The topological polar surface area (TPSA) is 55.8 Å². The SMILES string of the molecule is CCCN(Cc1ccccc1OC)C(=O)c1ccccc1C(=O)OC. The van der Waals surface area contributed by atoms with Gasteiger partial charge >= 0.3 is 5.97 Å². The van der Waals surface area contributed by atoms with Gasteiger partial charge in [0, 0.05) is 18.7 Å². The summed E-state index contributed by atoms with van der Waals surface area (Å²) >= 11 is 0. The second kappa shape index (κ2) is 8.87. The van der Waals surface area contributed by atoms with Crippen LogP contribution in [-0.2, 0) is 11.3 Å². The first-order valence-corrected chi connectivity index (χ1v) is 8.20. The Morgan fingerprint density at radius 1 is 0.960 bits per heavy atom. The fourth-order valence-corrected chi connectivity index (χ4v) is 2.69. The van der Waals surface area contributed by atoms with Gasteiger partial charge in [-0.15, -0.1) is 0 Å². The number of hydrogen-bond donors (Lipinski definition) is 0. The molecule has 0 atom stereocenters. The van der Waals surface area contributed by atoms with Crippen molar-refractivity contribution >= 4 is 11.9 Å². The molecule has 5 heteroatoms. The van der Waals surface area contributed by atoms with Crippen molar-refractivity contribution in [3.05, 3.63) is 65.2 Å². The van der Waals surface area contributed by atoms with Crippen molar-refractivity contribution < 1.29 is 19.1 Å². The molecule has 0 aliphatic rings. The second-order valence-electron chi connectivity index (χ2n) is 5.58. The van der Waals surface area contributed by atoms with E-state index in [4.69, 9.17) is 9.47 Å². The minimum absolute atomic E-state index is 0.200. The summed E-state index contributed by atoms with van der Waals surface area (Å²) in [6, 6.07) is 14.3. The predicted octanol–water partition coefficient (Wildman–Crippen LogP) is 3.53. The van der Waals surface area contributed by atoms with Crippen LogP contribution in [0, 0.1) is 0 Å². The quantitative estimate of drug-likeness (QED) is 0.723. The maximum Gasteiger partial charge on any atom is 0.338 e. The number of para-hydroxylation sites is 1. The maximum absolute atomic E-state index is 13.1. The Balaban J connectivity index is 2.34. The standard InChI is InChI=1S/C20H23NO4/c1-4-13-21(14-15-9-5-8-12-18(15)24-2)19(22)16-10-6-7-11-17(16)20(23)25-3/h5-12H,4,13-14H2,1-3H3. The average Bonchev–Trinajstić information content (AvgIpc) is 2.66. The molecule has 2 aromatic carbocycles. The van der Waals surface area contributed by atoms with Gasteiger partial charge in [0.1, 0.15) is 5.75 Å². The van der Waals surface area contributed by atoms with Gasteiger partial charge in [0.15, 0.2) is 0 Å². The first kappa shape index (κ1) is 18.5. The molecule has 0 spiro atoms. The van der Waals surface area contributed by atoms with Gasteiger partial charge in [0.2, 0.25) is 0 Å². The summed E-state index contributed by atoms with van der Waals surface area (Å²) in [6.45, 7) is 2.99. The number of rotatable bonds is 7. The highest BCUT2D eigenvalue weighted by Gasteiger charge is 2.22. The van der Waals surface area contributed by atoms with Crippen molar-refractivity contribution in [3.63, 3.8) is 0 Å². The van der Waals surface area contributed by atoms with Crippen molar-refractivity contribution in [2.45, 2.75) is 19.9 Å². The van der Waals surface area contributed by atoms with Crippen LogP contribution in [0.15, 0.2) is 48.5 Å². The highest BCUT2D eigenvalue weighted by molar-refractivity contribution is 6.05. The van der Waals surface area contributed by atoms with Crippen LogP contribution in [0.5, 0.6) is 5.75 Å². The Morgan fingerprint density at radius 3 is 2.24 bits per heavy atom. The predicted molar refractivity (Wildman–Crippen MR) is 95.8 cm³/mol. The van der Waals surface area contributed by atoms with Gasteiger partial charge in [-0.1, -0.05) is 37.3 Å². The van der Waals surface area contributed by atoms with Crippen LogP contribution in [0.3, 0.4) is 0 Å². The summed E-state index contributed by atoms with van der Waals surface area (Å²) < 4.78 is 10.2. The molecule has 0 aliphatic carbocycles. The van der Waals surface area contributed by atoms with Crippen molar-refractivity contribution in [3.8, 4) is 5.75 Å². The summed E-state index contributed by atoms with van der Waals surface area (Å²) in [5.41, 5.74) is 1.54. The van der Waals surface area contributed by atoms with E-state index in [1.165, 1.54) is 7.11 Å². The van der Waals surface area contributed by atoms with E-state index < -0.39 is 5.97 Å². The molecule has 0 radical (unpaired) electrons. The Kier molecular flexibility index (Phi) is 6.57. The molecule has 0 fully saturated rings. The second-order valence-corrected chi connectivity index (χ2v) is 5.58. The van der Waals surface area contributed by atoms with Gasteiger partial charge < -0.3 is 14.4 Å². The van der Waals surface area contributed by atoms with Crippen LogP contribution in [0.1, 0.15) is 39.6 Å². The molecule has 132 valence electrons. The van der Waals surface area contributed by atoms with E-state index in [9.17, 15) is 9.59 Å². The lowest BCUT2D eigenvalue weighted by Crippen LogP contribution is -2.32. The summed E-state index contributed by atoms with van der Waals surface area (Å²) in [4.78, 5) is 26.7. The number of carbonyl (C=O) groups excluding carboxylic acids is 2. The van der Waals surface area contributed by atoms with Crippen molar-refractivity contribution in [2.24, 2.45) is 0 Å². The number of ether oxygens (including phenoxy) is 2. The molecule has 0 unspecified atom stereocenters. The zero-order valence-electron chi connectivity index (χ0n) is 14.8. The van der Waals surface area contributed by atoms with Crippen molar-refractivity contribution in [1.29, 1.82) is 0 Å². The molecule has 0 bridgehead atoms. The molecule has 0 saturated heterocycles. The molecule has 2 aromatic rings. The van der Waals surface area contributed by atoms with E-state index in [0.29, 0.717) is 18.7 Å². The molecule has 0 saturated carbocycles. The normalized spacial score (nSPS) is 10.2. The highest BCUT2D eigenvalue weighted by atomic mass is 16.5. The third-order valence-electron chi connectivity index (χ3n) is 3.90. The van der Waals surface area contributed by atoms with Crippen LogP contribution < -0.4 is 4.74 Å². The Labute approximate surface area is 148 Å². The molecule has 0 heterocycles. The first-order valence-electron chi connectivity index (χ1n) is 8.20. The van der Waals surface area contributed by atoms with E-state index in [2.05, 4.69) is 0 Å². The first-order chi connectivity index (χ1) is 12.1. The maximum atomic E-state index is 13.1. The third-order valence-corrected chi connectivity index (χ3v) is 3.90. The molecule has 0 aliphatic heterocycles. The summed E-state index contributed by atoms with van der Waals surface area (Å²) in [7, 11) is 2.92. The van der Waals surface area contributed by atoms with Gasteiger partial charge in [0.05, 0.1) is 25.3 Å². The van der Waals surface area contributed by atoms with Gasteiger partial charge in [-0.2, -0.15) is 0 Å². The molecular formula is C20H23NO4. The number of benzene rings is 2. The third kappa shape index (κ3) is 4.38. The minimum atomic E-state index is -0.516. The molecule has 0 aromatic heterocycles. The lowest BCUT2D eigenvalue weighted by atomic mass is 10.1. The fourth-order valence-electron chi connectivity index (χ4n) is 2.69. The monoisotopic (exact) mass is 341 g/mol. The van der Waals surface area contributed by atoms with E-state index >= 15 is 0 Å².